The van der Waals surface area contributed by atoms with Gasteiger partial charge in [0.05, 0.1) is 13.2 Å². The topological polar surface area (TPSA) is 172 Å². The smallest absolute Gasteiger partial charge is 0.472 e. The number of hydrogen-bond acceptors (Lipinski definition) is 9. The Kier molecular flexibility index (Phi) is 43.5. The fourth-order valence-corrected chi connectivity index (χ4v) is 8.08. The summed E-state index contributed by atoms with van der Waals surface area (Å²) < 4.78 is 32.8. The summed E-state index contributed by atoms with van der Waals surface area (Å²) in [5, 5.41) is 8.91. The average molecular weight is 888 g/mol. The van der Waals surface area contributed by atoms with Gasteiger partial charge in [-0.2, -0.15) is 0 Å². The second kappa shape index (κ2) is 44.8. The number of rotatable bonds is 48. The van der Waals surface area contributed by atoms with Gasteiger partial charge in [-0.3, -0.25) is 23.4 Å². The Morgan fingerprint density at radius 1 is 0.492 bits per heavy atom. The molecule has 61 heavy (non-hydrogen) atoms. The van der Waals surface area contributed by atoms with E-state index in [0.29, 0.717) is 12.8 Å². The highest BCUT2D eigenvalue weighted by Crippen LogP contribution is 2.43. The summed E-state index contributed by atoms with van der Waals surface area (Å²) in [5.41, 5.74) is 5.35. The Labute approximate surface area is 373 Å². The Morgan fingerprint density at radius 2 is 0.820 bits per heavy atom. The first kappa shape index (κ1) is 59.2. The summed E-state index contributed by atoms with van der Waals surface area (Å²) in [7, 11) is -4.72. The molecular formula is C49H94NO10P. The number of phosphoric acid groups is 1. The summed E-state index contributed by atoms with van der Waals surface area (Å²) in [5.74, 6) is -2.36. The van der Waals surface area contributed by atoms with Crippen LogP contribution >= 0.6 is 7.82 Å². The molecule has 0 aromatic heterocycles. The number of esters is 2. The summed E-state index contributed by atoms with van der Waals surface area (Å²) in [4.78, 5) is 46.1. The van der Waals surface area contributed by atoms with Gasteiger partial charge in [0.1, 0.15) is 12.6 Å². The van der Waals surface area contributed by atoms with Gasteiger partial charge in [0.25, 0.3) is 0 Å². The Morgan fingerprint density at radius 3 is 1.20 bits per heavy atom. The molecule has 0 saturated heterocycles. The number of unbranched alkanes of at least 4 members (excludes halogenated alkanes) is 32. The highest BCUT2D eigenvalue weighted by atomic mass is 31.2. The van der Waals surface area contributed by atoms with Crippen molar-refractivity contribution in [2.75, 3.05) is 19.8 Å². The maximum Gasteiger partial charge on any atom is 0.472 e. The predicted molar refractivity (Wildman–Crippen MR) is 249 cm³/mol. The first-order valence-corrected chi connectivity index (χ1v) is 26.7. The lowest BCUT2D eigenvalue weighted by Crippen LogP contribution is -2.34. The molecule has 0 amide bonds. The van der Waals surface area contributed by atoms with Crippen molar-refractivity contribution in [1.29, 1.82) is 0 Å². The highest BCUT2D eigenvalue weighted by Gasteiger charge is 2.28. The minimum Gasteiger partial charge on any atom is -0.480 e. The zero-order valence-corrected chi connectivity index (χ0v) is 40.2. The number of carboxylic acid groups (broad SMARTS) is 1. The number of carbonyl (C=O) groups is 3. The molecule has 0 saturated carbocycles. The monoisotopic (exact) mass is 888 g/mol. The van der Waals surface area contributed by atoms with E-state index in [2.05, 4.69) is 30.5 Å². The van der Waals surface area contributed by atoms with Crippen molar-refractivity contribution < 1.29 is 47.5 Å². The van der Waals surface area contributed by atoms with Crippen LogP contribution in [0, 0.1) is 0 Å². The molecule has 0 bridgehead atoms. The highest BCUT2D eigenvalue weighted by molar-refractivity contribution is 7.47. The quantitative estimate of drug-likeness (QED) is 0.0230. The van der Waals surface area contributed by atoms with Crippen LogP contribution in [0.4, 0.5) is 0 Å². The Hall–Kier alpha value is -1.78. The largest absolute Gasteiger partial charge is 0.480 e. The fourth-order valence-electron chi connectivity index (χ4n) is 7.30. The summed E-state index contributed by atoms with van der Waals surface area (Å²) in [6.07, 6.45) is 47.0. The molecule has 0 aliphatic heterocycles. The molecule has 0 aliphatic carbocycles. The van der Waals surface area contributed by atoms with Gasteiger partial charge in [0.15, 0.2) is 6.10 Å². The lowest BCUT2D eigenvalue weighted by atomic mass is 10.0. The van der Waals surface area contributed by atoms with Crippen LogP contribution in [0.25, 0.3) is 0 Å². The van der Waals surface area contributed by atoms with Crippen molar-refractivity contribution in [1.82, 2.24) is 0 Å². The van der Waals surface area contributed by atoms with E-state index in [1.54, 1.807) is 0 Å². The SMILES string of the molecule is CCCCCCCC/C=C\CCCCCCCCCC(=O)OC(COC(=O)CCCCCCCCCCCCCCCCCCCCCC)COP(=O)(O)OCC(N)C(=O)O. The van der Waals surface area contributed by atoms with Crippen LogP contribution in [0.2, 0.25) is 0 Å². The molecule has 3 atom stereocenters. The zero-order chi connectivity index (χ0) is 44.9. The third kappa shape index (κ3) is 44.6. The first-order valence-electron chi connectivity index (χ1n) is 25.2. The van der Waals surface area contributed by atoms with Crippen LogP contribution in [0.1, 0.15) is 251 Å². The van der Waals surface area contributed by atoms with E-state index in [1.807, 2.05) is 0 Å². The van der Waals surface area contributed by atoms with E-state index in [-0.39, 0.29) is 19.4 Å². The maximum atomic E-state index is 12.7. The van der Waals surface area contributed by atoms with Crippen LogP contribution in [0.3, 0.4) is 0 Å². The van der Waals surface area contributed by atoms with Gasteiger partial charge in [-0.15, -0.1) is 0 Å². The van der Waals surface area contributed by atoms with Crippen LogP contribution < -0.4 is 5.73 Å². The summed E-state index contributed by atoms with van der Waals surface area (Å²) >= 11 is 0. The van der Waals surface area contributed by atoms with Gasteiger partial charge in [-0.25, -0.2) is 4.57 Å². The molecule has 360 valence electrons. The molecule has 4 N–H and O–H groups in total. The number of allylic oxidation sites excluding steroid dienone is 2. The van der Waals surface area contributed by atoms with E-state index >= 15 is 0 Å². The summed E-state index contributed by atoms with van der Waals surface area (Å²) in [6.45, 7) is 2.85. The molecule has 0 aromatic carbocycles. The molecule has 0 aromatic rings. The summed E-state index contributed by atoms with van der Waals surface area (Å²) in [6, 6.07) is -1.52. The van der Waals surface area contributed by atoms with Crippen molar-refractivity contribution in [2.24, 2.45) is 5.73 Å². The fraction of sp³-hybridized carbons (Fsp3) is 0.898. The van der Waals surface area contributed by atoms with Gasteiger partial charge in [0, 0.05) is 12.8 Å². The van der Waals surface area contributed by atoms with Crippen molar-refractivity contribution in [3.63, 3.8) is 0 Å². The predicted octanol–water partition coefficient (Wildman–Crippen LogP) is 14.0. The molecule has 12 heteroatoms. The van der Waals surface area contributed by atoms with E-state index in [1.165, 1.54) is 167 Å². The Bertz CT molecular complexity index is 1090. The number of hydrogen-bond donors (Lipinski definition) is 3. The zero-order valence-electron chi connectivity index (χ0n) is 39.3. The standard InChI is InChI=1S/C49H94NO10P/c1-3-5-7-9-11-13-15-17-19-21-22-23-25-26-28-30-32-34-36-38-40-47(51)57-42-45(43-58-61(55,56)59-44-46(50)49(53)54)60-48(52)41-39-37-35-33-31-29-27-24-20-18-16-14-12-10-8-6-4-2/h18,20,45-46H,3-17,19,21-44,50H2,1-2H3,(H,53,54)(H,55,56)/b20-18-. The number of aliphatic carboxylic acids is 1. The normalized spacial score (nSPS) is 13.6. The molecule has 0 aliphatic rings. The molecule has 0 fully saturated rings. The second-order valence-electron chi connectivity index (χ2n) is 17.3. The molecular weight excluding hydrogens is 794 g/mol. The average Bonchev–Trinajstić information content (AvgIpc) is 3.24. The third-order valence-corrected chi connectivity index (χ3v) is 12.2. The van der Waals surface area contributed by atoms with Gasteiger partial charge in [-0.1, -0.05) is 212 Å². The van der Waals surface area contributed by atoms with Crippen molar-refractivity contribution in [2.45, 2.75) is 264 Å². The number of ether oxygens (including phenoxy) is 2. The molecule has 11 nitrogen and oxygen atoms in total. The third-order valence-electron chi connectivity index (χ3n) is 11.3. The van der Waals surface area contributed by atoms with E-state index in [9.17, 15) is 23.8 Å². The van der Waals surface area contributed by atoms with Gasteiger partial charge < -0.3 is 25.2 Å². The lowest BCUT2D eigenvalue weighted by Gasteiger charge is -2.20. The lowest BCUT2D eigenvalue weighted by molar-refractivity contribution is -0.161. The van der Waals surface area contributed by atoms with Crippen LogP contribution in [0.5, 0.6) is 0 Å². The first-order chi connectivity index (χ1) is 29.6. The molecule has 3 unspecified atom stereocenters. The number of nitrogens with two attached hydrogens (primary N) is 1. The second-order valence-corrected chi connectivity index (χ2v) is 18.8. The van der Waals surface area contributed by atoms with Crippen molar-refractivity contribution in [3.8, 4) is 0 Å². The number of carbonyl (C=O) groups excluding carboxylic acids is 2. The van der Waals surface area contributed by atoms with E-state index in [0.717, 1.165) is 44.9 Å². The van der Waals surface area contributed by atoms with Gasteiger partial charge >= 0.3 is 25.7 Å². The van der Waals surface area contributed by atoms with E-state index in [4.69, 9.17) is 24.8 Å². The Balaban J connectivity index is 4.22. The van der Waals surface area contributed by atoms with Crippen LogP contribution in [-0.2, 0) is 37.5 Å². The molecule has 0 spiro atoms. The minimum atomic E-state index is -4.72. The minimum absolute atomic E-state index is 0.161. The number of phosphoric ester groups is 1. The maximum absolute atomic E-state index is 12.7. The molecule has 0 radical (unpaired) electrons. The van der Waals surface area contributed by atoms with E-state index < -0.39 is 51.1 Å². The van der Waals surface area contributed by atoms with Crippen LogP contribution in [-0.4, -0.2) is 59.9 Å². The van der Waals surface area contributed by atoms with Crippen LogP contribution in [0.15, 0.2) is 12.2 Å². The van der Waals surface area contributed by atoms with Gasteiger partial charge in [-0.05, 0) is 38.5 Å². The van der Waals surface area contributed by atoms with Crippen molar-refractivity contribution >= 4 is 25.7 Å². The molecule has 0 rings (SSSR count). The van der Waals surface area contributed by atoms with Gasteiger partial charge in [0.2, 0.25) is 0 Å². The van der Waals surface area contributed by atoms with Crippen molar-refractivity contribution in [3.05, 3.63) is 12.2 Å². The molecule has 0 heterocycles. The number of carboxylic acids is 1.